The molecule has 2 aromatic rings. The average Bonchev–Trinajstić information content (AvgIpc) is 2.88. The Hall–Kier alpha value is -2.94. The predicted octanol–water partition coefficient (Wildman–Crippen LogP) is 2.06. The van der Waals surface area contributed by atoms with E-state index in [-0.39, 0.29) is 18.4 Å². The monoisotopic (exact) mass is 255 g/mol. The van der Waals surface area contributed by atoms with Crippen LogP contribution in [0.5, 0.6) is 23.1 Å². The molecule has 6 heteroatoms. The van der Waals surface area contributed by atoms with Gasteiger partial charge in [0.15, 0.2) is 11.5 Å². The molecule has 0 saturated heterocycles. The summed E-state index contributed by atoms with van der Waals surface area (Å²) in [5.74, 6) is 1.98. The molecule has 0 radical (unpaired) electrons. The van der Waals surface area contributed by atoms with Crippen LogP contribution in [0, 0.1) is 11.3 Å². The largest absolute Gasteiger partial charge is 0.454 e. The molecule has 19 heavy (non-hydrogen) atoms. The van der Waals surface area contributed by atoms with Crippen molar-refractivity contribution in [2.75, 3.05) is 12.5 Å². The Balaban J connectivity index is 1.92. The third kappa shape index (κ3) is 1.98. The summed E-state index contributed by atoms with van der Waals surface area (Å²) < 4.78 is 16.0. The fourth-order valence-corrected chi connectivity index (χ4v) is 1.68. The first-order valence-electron chi connectivity index (χ1n) is 5.50. The van der Waals surface area contributed by atoms with Crippen LogP contribution < -0.4 is 19.9 Å². The van der Waals surface area contributed by atoms with Gasteiger partial charge in [-0.1, -0.05) is 0 Å². The minimum absolute atomic E-state index is 0.193. The maximum absolute atomic E-state index is 8.89. The van der Waals surface area contributed by atoms with E-state index < -0.39 is 0 Å². The smallest absolute Gasteiger partial charge is 0.244 e. The lowest BCUT2D eigenvalue weighted by molar-refractivity contribution is 0.174. The Kier molecular flexibility index (Phi) is 2.58. The summed E-state index contributed by atoms with van der Waals surface area (Å²) in [5.41, 5.74) is 6.32. The first-order valence-corrected chi connectivity index (χ1v) is 5.50. The second kappa shape index (κ2) is 4.38. The second-order valence-corrected chi connectivity index (χ2v) is 3.81. The second-order valence-electron chi connectivity index (χ2n) is 3.81. The Bertz CT molecular complexity index is 679. The number of nitrogens with zero attached hydrogens (tertiary/aromatic N) is 2. The van der Waals surface area contributed by atoms with E-state index in [1.54, 1.807) is 18.2 Å². The molecule has 0 fully saturated rings. The Morgan fingerprint density at radius 2 is 2.11 bits per heavy atom. The Morgan fingerprint density at radius 3 is 2.95 bits per heavy atom. The number of fused-ring (bicyclic) bond motifs is 1. The molecule has 0 saturated carbocycles. The van der Waals surface area contributed by atoms with Crippen molar-refractivity contribution in [2.45, 2.75) is 0 Å². The molecule has 0 amide bonds. The first-order chi connectivity index (χ1) is 9.28. The van der Waals surface area contributed by atoms with Gasteiger partial charge in [-0.15, -0.1) is 0 Å². The number of anilines is 1. The summed E-state index contributed by atoms with van der Waals surface area (Å²) in [5, 5.41) is 8.89. The molecule has 0 unspecified atom stereocenters. The SMILES string of the molecule is N#Cc1ccnc(Oc2ccc3c(c2)OCO3)c1N. The fourth-order valence-electron chi connectivity index (χ4n) is 1.68. The molecule has 1 aliphatic rings. The van der Waals surface area contributed by atoms with E-state index in [4.69, 9.17) is 25.2 Å². The highest BCUT2D eigenvalue weighted by Gasteiger charge is 2.15. The van der Waals surface area contributed by atoms with Crippen molar-refractivity contribution in [1.82, 2.24) is 4.98 Å². The van der Waals surface area contributed by atoms with Crippen molar-refractivity contribution in [3.05, 3.63) is 36.0 Å². The van der Waals surface area contributed by atoms with Crippen LogP contribution in [0.4, 0.5) is 5.69 Å². The van der Waals surface area contributed by atoms with Crippen molar-refractivity contribution in [2.24, 2.45) is 0 Å². The van der Waals surface area contributed by atoms with Crippen LogP contribution in [0.25, 0.3) is 0 Å². The van der Waals surface area contributed by atoms with Crippen molar-refractivity contribution in [3.8, 4) is 29.2 Å². The number of benzene rings is 1. The number of pyridine rings is 1. The van der Waals surface area contributed by atoms with Crippen LogP contribution in [0.3, 0.4) is 0 Å². The molecule has 2 heterocycles. The summed E-state index contributed by atoms with van der Waals surface area (Å²) in [6, 6.07) is 8.64. The van der Waals surface area contributed by atoms with E-state index >= 15 is 0 Å². The summed E-state index contributed by atoms with van der Waals surface area (Å²) >= 11 is 0. The van der Waals surface area contributed by atoms with E-state index in [2.05, 4.69) is 4.98 Å². The maximum Gasteiger partial charge on any atom is 0.244 e. The van der Waals surface area contributed by atoms with Gasteiger partial charge in [-0.2, -0.15) is 5.26 Å². The van der Waals surface area contributed by atoms with Crippen LogP contribution in [0.1, 0.15) is 5.56 Å². The lowest BCUT2D eigenvalue weighted by Crippen LogP contribution is -1.97. The number of hydrogen-bond acceptors (Lipinski definition) is 6. The summed E-state index contributed by atoms with van der Waals surface area (Å²) in [6.45, 7) is 0.198. The molecular formula is C13H9N3O3. The highest BCUT2D eigenvalue weighted by molar-refractivity contribution is 5.61. The topological polar surface area (TPSA) is 90.4 Å². The highest BCUT2D eigenvalue weighted by atomic mass is 16.7. The number of nitrogen functional groups attached to an aromatic ring is 1. The fraction of sp³-hybridized carbons (Fsp3) is 0.0769. The molecule has 0 aliphatic carbocycles. The van der Waals surface area contributed by atoms with Crippen LogP contribution >= 0.6 is 0 Å². The molecule has 3 rings (SSSR count). The minimum atomic E-state index is 0.193. The Labute approximate surface area is 109 Å². The summed E-state index contributed by atoms with van der Waals surface area (Å²) in [6.07, 6.45) is 1.47. The van der Waals surface area contributed by atoms with Gasteiger partial charge in [-0.3, -0.25) is 0 Å². The lowest BCUT2D eigenvalue weighted by Gasteiger charge is -2.08. The average molecular weight is 255 g/mol. The van der Waals surface area contributed by atoms with E-state index in [1.165, 1.54) is 12.3 Å². The number of ether oxygens (including phenoxy) is 3. The van der Waals surface area contributed by atoms with E-state index in [0.29, 0.717) is 22.8 Å². The lowest BCUT2D eigenvalue weighted by atomic mass is 10.2. The van der Waals surface area contributed by atoms with Crippen molar-refractivity contribution in [3.63, 3.8) is 0 Å². The van der Waals surface area contributed by atoms with Gasteiger partial charge in [0.25, 0.3) is 0 Å². The quantitative estimate of drug-likeness (QED) is 0.883. The molecule has 0 atom stereocenters. The molecule has 94 valence electrons. The summed E-state index contributed by atoms with van der Waals surface area (Å²) in [4.78, 5) is 4.01. The van der Waals surface area contributed by atoms with Gasteiger partial charge in [-0.25, -0.2) is 4.98 Å². The zero-order valence-electron chi connectivity index (χ0n) is 9.79. The van der Waals surface area contributed by atoms with Crippen LogP contribution in [-0.2, 0) is 0 Å². The molecule has 1 aromatic carbocycles. The predicted molar refractivity (Wildman–Crippen MR) is 66.0 cm³/mol. The van der Waals surface area contributed by atoms with Gasteiger partial charge in [0.2, 0.25) is 12.7 Å². The number of nitrogens with two attached hydrogens (primary N) is 1. The van der Waals surface area contributed by atoms with Gasteiger partial charge < -0.3 is 19.9 Å². The molecule has 6 nitrogen and oxygen atoms in total. The molecule has 1 aromatic heterocycles. The van der Waals surface area contributed by atoms with Gasteiger partial charge in [-0.05, 0) is 18.2 Å². The number of hydrogen-bond donors (Lipinski definition) is 1. The van der Waals surface area contributed by atoms with E-state index in [9.17, 15) is 0 Å². The maximum atomic E-state index is 8.89. The third-order valence-electron chi connectivity index (χ3n) is 2.63. The van der Waals surface area contributed by atoms with Crippen molar-refractivity contribution >= 4 is 5.69 Å². The van der Waals surface area contributed by atoms with Gasteiger partial charge in [0.1, 0.15) is 17.5 Å². The number of aromatic nitrogens is 1. The van der Waals surface area contributed by atoms with Crippen molar-refractivity contribution < 1.29 is 14.2 Å². The standard InChI is InChI=1S/C13H9N3O3/c14-6-8-3-4-16-13(12(8)15)19-9-1-2-10-11(5-9)18-7-17-10/h1-5H,7,15H2. The van der Waals surface area contributed by atoms with E-state index in [0.717, 1.165) is 0 Å². The van der Waals surface area contributed by atoms with Gasteiger partial charge >= 0.3 is 0 Å². The molecule has 1 aliphatic heterocycles. The normalized spacial score (nSPS) is 11.9. The molecule has 0 bridgehead atoms. The van der Waals surface area contributed by atoms with Crippen molar-refractivity contribution in [1.29, 1.82) is 5.26 Å². The van der Waals surface area contributed by atoms with Crippen LogP contribution in [0.15, 0.2) is 30.5 Å². The van der Waals surface area contributed by atoms with Gasteiger partial charge in [0, 0.05) is 12.3 Å². The van der Waals surface area contributed by atoms with Crippen LogP contribution in [-0.4, -0.2) is 11.8 Å². The van der Waals surface area contributed by atoms with Crippen LogP contribution in [0.2, 0.25) is 0 Å². The molecular weight excluding hydrogens is 246 g/mol. The molecule has 0 spiro atoms. The first kappa shape index (κ1) is 11.2. The van der Waals surface area contributed by atoms with E-state index in [1.807, 2.05) is 6.07 Å². The zero-order valence-corrected chi connectivity index (χ0v) is 9.79. The third-order valence-corrected chi connectivity index (χ3v) is 2.63. The summed E-state index contributed by atoms with van der Waals surface area (Å²) in [7, 11) is 0. The Morgan fingerprint density at radius 1 is 1.26 bits per heavy atom. The minimum Gasteiger partial charge on any atom is -0.454 e. The van der Waals surface area contributed by atoms with Gasteiger partial charge in [0.05, 0.1) is 5.56 Å². The number of nitriles is 1. The number of rotatable bonds is 2. The highest BCUT2D eigenvalue weighted by Crippen LogP contribution is 2.37. The molecule has 2 N–H and O–H groups in total. The zero-order chi connectivity index (χ0) is 13.2.